The molecule has 0 unspecified atom stereocenters. The van der Waals surface area contributed by atoms with Gasteiger partial charge < -0.3 is 10.2 Å². The van der Waals surface area contributed by atoms with E-state index in [1.54, 1.807) is 18.2 Å². The molecule has 1 heterocycles. The number of benzene rings is 2. The summed E-state index contributed by atoms with van der Waals surface area (Å²) in [6.07, 6.45) is 3.06. The Bertz CT molecular complexity index is 912. The van der Waals surface area contributed by atoms with Gasteiger partial charge in [-0.05, 0) is 55.9 Å². The summed E-state index contributed by atoms with van der Waals surface area (Å²) < 4.78 is 0. The zero-order chi connectivity index (χ0) is 21.1. The molecule has 0 radical (unpaired) electrons. The summed E-state index contributed by atoms with van der Waals surface area (Å²) in [5.41, 5.74) is 2.50. The highest BCUT2D eigenvalue weighted by molar-refractivity contribution is 6.34. The third kappa shape index (κ3) is 4.70. The molecule has 2 aromatic rings. The number of nitrogens with zero attached hydrogens (tertiary/aromatic N) is 2. The van der Waals surface area contributed by atoms with Crippen molar-refractivity contribution in [3.8, 4) is 0 Å². The van der Waals surface area contributed by atoms with Crippen LogP contribution in [0.5, 0.6) is 0 Å². The molecule has 0 saturated carbocycles. The van der Waals surface area contributed by atoms with Crippen molar-refractivity contribution in [2.75, 3.05) is 16.8 Å². The fourth-order valence-corrected chi connectivity index (χ4v) is 3.90. The topological polar surface area (TPSA) is 75.5 Å². The third-order valence-corrected chi connectivity index (χ3v) is 5.77. The van der Waals surface area contributed by atoms with Crippen LogP contribution in [0.1, 0.15) is 61.9 Å². The Balaban J connectivity index is 1.91. The highest BCUT2D eigenvalue weighted by Gasteiger charge is 2.27. The lowest BCUT2D eigenvalue weighted by molar-refractivity contribution is -0.384. The third-order valence-electron chi connectivity index (χ3n) is 5.46. The zero-order valence-electron chi connectivity index (χ0n) is 16.9. The maximum Gasteiger partial charge on any atom is 0.294 e. The highest BCUT2D eigenvalue weighted by atomic mass is 35.5. The smallest absolute Gasteiger partial charge is 0.294 e. The van der Waals surface area contributed by atoms with Crippen LogP contribution in [0.3, 0.4) is 0 Å². The second-order valence-electron chi connectivity index (χ2n) is 7.85. The number of amides is 1. The molecule has 1 fully saturated rings. The standard InChI is InChI=1S/C22H26ClN3O3/c1-14(2)16-7-9-17(10-8-16)22(27)24-19-13-20(21(26(28)29)12-18(19)23)25-11-5-4-6-15(25)3/h7-10,12-15H,4-6,11H2,1-3H3,(H,24,27)/t15-/m1/s1. The van der Waals surface area contributed by atoms with Gasteiger partial charge in [0.1, 0.15) is 5.69 Å². The van der Waals surface area contributed by atoms with Crippen LogP contribution in [0.2, 0.25) is 5.02 Å². The van der Waals surface area contributed by atoms with Gasteiger partial charge in [-0.15, -0.1) is 0 Å². The Labute approximate surface area is 176 Å². The number of hydrogen-bond acceptors (Lipinski definition) is 4. The minimum Gasteiger partial charge on any atom is -0.363 e. The van der Waals surface area contributed by atoms with Crippen molar-refractivity contribution in [2.24, 2.45) is 0 Å². The summed E-state index contributed by atoms with van der Waals surface area (Å²) in [5, 5.41) is 14.6. The highest BCUT2D eigenvalue weighted by Crippen LogP contribution is 2.39. The molecule has 0 aliphatic carbocycles. The molecule has 1 saturated heterocycles. The number of nitro benzene ring substituents is 1. The van der Waals surface area contributed by atoms with E-state index in [-0.39, 0.29) is 22.7 Å². The van der Waals surface area contributed by atoms with Gasteiger partial charge in [0.25, 0.3) is 11.6 Å². The van der Waals surface area contributed by atoms with E-state index in [2.05, 4.69) is 26.1 Å². The second-order valence-corrected chi connectivity index (χ2v) is 8.25. The van der Waals surface area contributed by atoms with Gasteiger partial charge >= 0.3 is 0 Å². The van der Waals surface area contributed by atoms with E-state index in [4.69, 9.17) is 11.6 Å². The number of piperidine rings is 1. The quantitative estimate of drug-likeness (QED) is 0.479. The summed E-state index contributed by atoms with van der Waals surface area (Å²) in [6, 6.07) is 10.6. The minimum absolute atomic E-state index is 0.0389. The number of anilines is 2. The van der Waals surface area contributed by atoms with E-state index in [1.165, 1.54) is 6.07 Å². The van der Waals surface area contributed by atoms with Gasteiger partial charge in [-0.2, -0.15) is 0 Å². The molecule has 7 heteroatoms. The van der Waals surface area contributed by atoms with Crippen molar-refractivity contribution >= 4 is 34.6 Å². The molecular weight excluding hydrogens is 390 g/mol. The predicted octanol–water partition coefficient (Wildman–Crippen LogP) is 6.00. The summed E-state index contributed by atoms with van der Waals surface area (Å²) >= 11 is 6.28. The Kier molecular flexibility index (Phi) is 6.42. The Hall–Kier alpha value is -2.60. The molecule has 154 valence electrons. The van der Waals surface area contributed by atoms with Gasteiger partial charge in [0.05, 0.1) is 15.6 Å². The first kappa shape index (κ1) is 21.1. The second kappa shape index (κ2) is 8.82. The summed E-state index contributed by atoms with van der Waals surface area (Å²) in [7, 11) is 0. The Morgan fingerprint density at radius 1 is 1.24 bits per heavy atom. The van der Waals surface area contributed by atoms with Crippen molar-refractivity contribution in [3.63, 3.8) is 0 Å². The van der Waals surface area contributed by atoms with Gasteiger partial charge in [0, 0.05) is 24.2 Å². The molecule has 29 heavy (non-hydrogen) atoms. The summed E-state index contributed by atoms with van der Waals surface area (Å²) in [6.45, 7) is 6.99. The van der Waals surface area contributed by atoms with Gasteiger partial charge in [-0.25, -0.2) is 0 Å². The SMILES string of the molecule is CC(C)c1ccc(C(=O)Nc2cc(N3CCCC[C@H]3C)c([N+](=O)[O-])cc2Cl)cc1. The van der Waals surface area contributed by atoms with Crippen molar-refractivity contribution in [1.82, 2.24) is 0 Å². The maximum atomic E-state index is 12.7. The van der Waals surface area contributed by atoms with Crippen LogP contribution in [0.25, 0.3) is 0 Å². The van der Waals surface area contributed by atoms with Crippen LogP contribution in [0.15, 0.2) is 36.4 Å². The van der Waals surface area contributed by atoms with Gasteiger partial charge in [0.15, 0.2) is 0 Å². The fraction of sp³-hybridized carbons (Fsp3) is 0.409. The first-order valence-corrected chi connectivity index (χ1v) is 10.3. The Morgan fingerprint density at radius 3 is 2.52 bits per heavy atom. The van der Waals surface area contributed by atoms with E-state index in [1.807, 2.05) is 17.0 Å². The van der Waals surface area contributed by atoms with Crippen LogP contribution in [-0.2, 0) is 0 Å². The average Bonchev–Trinajstić information content (AvgIpc) is 2.69. The van der Waals surface area contributed by atoms with Crippen molar-refractivity contribution < 1.29 is 9.72 Å². The van der Waals surface area contributed by atoms with Gasteiger partial charge in [0.2, 0.25) is 0 Å². The summed E-state index contributed by atoms with van der Waals surface area (Å²) in [4.78, 5) is 25.9. The number of carbonyl (C=O) groups excluding carboxylic acids is 1. The zero-order valence-corrected chi connectivity index (χ0v) is 17.7. The van der Waals surface area contributed by atoms with Gasteiger partial charge in [-0.3, -0.25) is 14.9 Å². The first-order valence-electron chi connectivity index (χ1n) is 9.93. The van der Waals surface area contributed by atoms with E-state index >= 15 is 0 Å². The van der Waals surface area contributed by atoms with Crippen molar-refractivity contribution in [1.29, 1.82) is 0 Å². The van der Waals surface area contributed by atoms with Crippen LogP contribution in [-0.4, -0.2) is 23.4 Å². The lowest BCUT2D eigenvalue weighted by atomic mass is 10.0. The van der Waals surface area contributed by atoms with E-state index in [0.717, 1.165) is 31.4 Å². The first-order chi connectivity index (χ1) is 13.8. The molecule has 1 aliphatic rings. The molecule has 1 N–H and O–H groups in total. The molecule has 1 amide bonds. The predicted molar refractivity (Wildman–Crippen MR) is 117 cm³/mol. The molecule has 3 rings (SSSR count). The van der Waals surface area contributed by atoms with Crippen molar-refractivity contribution in [3.05, 3.63) is 62.7 Å². The average molecular weight is 416 g/mol. The molecule has 0 spiro atoms. The maximum absolute atomic E-state index is 12.7. The minimum atomic E-state index is -0.418. The molecule has 1 atom stereocenters. The lowest BCUT2D eigenvalue weighted by Gasteiger charge is -2.35. The summed E-state index contributed by atoms with van der Waals surface area (Å²) in [5.74, 6) is 0.0824. The molecule has 6 nitrogen and oxygen atoms in total. The molecule has 0 aromatic heterocycles. The van der Waals surface area contributed by atoms with Crippen LogP contribution in [0.4, 0.5) is 17.1 Å². The number of nitro groups is 1. The molecule has 1 aliphatic heterocycles. The fourth-order valence-electron chi connectivity index (χ4n) is 3.69. The van der Waals surface area contributed by atoms with E-state index in [0.29, 0.717) is 22.9 Å². The van der Waals surface area contributed by atoms with Crippen molar-refractivity contribution in [2.45, 2.75) is 52.0 Å². The number of hydrogen-bond donors (Lipinski definition) is 1. The molecule has 0 bridgehead atoms. The number of rotatable bonds is 5. The van der Waals surface area contributed by atoms with Crippen LogP contribution in [0, 0.1) is 10.1 Å². The largest absolute Gasteiger partial charge is 0.363 e. The molecule has 2 aromatic carbocycles. The number of halogens is 1. The molecular formula is C22H26ClN3O3. The van der Waals surface area contributed by atoms with Crippen LogP contribution >= 0.6 is 11.6 Å². The Morgan fingerprint density at radius 2 is 1.93 bits per heavy atom. The number of nitrogens with one attached hydrogen (secondary N) is 1. The normalized spacial score (nSPS) is 16.7. The van der Waals surface area contributed by atoms with E-state index < -0.39 is 4.92 Å². The van der Waals surface area contributed by atoms with E-state index in [9.17, 15) is 14.9 Å². The lowest BCUT2D eigenvalue weighted by Crippen LogP contribution is -2.37. The number of carbonyl (C=O) groups is 1. The monoisotopic (exact) mass is 415 g/mol. The van der Waals surface area contributed by atoms with Crippen LogP contribution < -0.4 is 10.2 Å². The van der Waals surface area contributed by atoms with Gasteiger partial charge in [-0.1, -0.05) is 37.6 Å².